The highest BCUT2D eigenvalue weighted by atomic mass is 28.4. The fourth-order valence-electron chi connectivity index (χ4n) is 4.64. The molecule has 0 amide bonds. The minimum Gasteiger partial charge on any atom is -0.543 e. The molecule has 0 unspecified atom stereocenters. The van der Waals surface area contributed by atoms with Crippen LogP contribution in [0, 0.1) is 0 Å². The Morgan fingerprint density at radius 2 is 1.27 bits per heavy atom. The molecule has 0 aliphatic carbocycles. The smallest absolute Gasteiger partial charge is 0.251 e. The Labute approximate surface area is 185 Å². The van der Waals surface area contributed by atoms with Gasteiger partial charge in [-0.3, -0.25) is 0 Å². The normalized spacial score (nSPS) is 12.0. The maximum absolute atomic E-state index is 7.37. The minimum absolute atomic E-state index is 1.06. The summed E-state index contributed by atoms with van der Waals surface area (Å²) in [7, 11) is -1.86. The van der Waals surface area contributed by atoms with Gasteiger partial charge in [0.05, 0.1) is 0 Å². The van der Waals surface area contributed by atoms with Gasteiger partial charge in [-0.2, -0.15) is 0 Å². The SMILES string of the molecule is CCCC[Si](CCCC)(CCCC)Oc1c2ccccc2cc2ccc(CC)cc12. The van der Waals surface area contributed by atoms with Crippen LogP contribution in [0.3, 0.4) is 0 Å². The van der Waals surface area contributed by atoms with E-state index in [1.165, 1.54) is 89.5 Å². The molecule has 0 aliphatic rings. The van der Waals surface area contributed by atoms with Gasteiger partial charge in [0.1, 0.15) is 5.75 Å². The van der Waals surface area contributed by atoms with Crippen LogP contribution >= 0.6 is 0 Å². The van der Waals surface area contributed by atoms with E-state index in [0.29, 0.717) is 0 Å². The average Bonchev–Trinajstić information content (AvgIpc) is 2.79. The second kappa shape index (κ2) is 11.0. The number of benzene rings is 3. The lowest BCUT2D eigenvalue weighted by molar-refractivity contribution is 0.520. The lowest BCUT2D eigenvalue weighted by Crippen LogP contribution is -2.41. The summed E-state index contributed by atoms with van der Waals surface area (Å²) in [5.74, 6) is 1.17. The van der Waals surface area contributed by atoms with Gasteiger partial charge in [0.15, 0.2) is 0 Å². The van der Waals surface area contributed by atoms with Crippen molar-refractivity contribution in [3.8, 4) is 5.75 Å². The first kappa shape index (κ1) is 22.9. The average molecular weight is 421 g/mol. The summed E-state index contributed by atoms with van der Waals surface area (Å²) in [6.07, 6.45) is 8.71. The van der Waals surface area contributed by atoms with E-state index in [1.807, 2.05) is 0 Å². The van der Waals surface area contributed by atoms with E-state index >= 15 is 0 Å². The van der Waals surface area contributed by atoms with Crippen LogP contribution in [-0.4, -0.2) is 8.32 Å². The Morgan fingerprint density at radius 1 is 0.667 bits per heavy atom. The lowest BCUT2D eigenvalue weighted by atomic mass is 10.00. The van der Waals surface area contributed by atoms with Gasteiger partial charge in [-0.25, -0.2) is 0 Å². The van der Waals surface area contributed by atoms with E-state index < -0.39 is 8.32 Å². The molecule has 0 heterocycles. The van der Waals surface area contributed by atoms with Gasteiger partial charge in [0.25, 0.3) is 8.32 Å². The van der Waals surface area contributed by atoms with Crippen molar-refractivity contribution >= 4 is 29.9 Å². The topological polar surface area (TPSA) is 9.23 Å². The third-order valence-corrected chi connectivity index (χ3v) is 11.0. The number of hydrogen-bond acceptors (Lipinski definition) is 1. The number of fused-ring (bicyclic) bond motifs is 2. The first-order valence-corrected chi connectivity index (χ1v) is 14.8. The summed E-state index contributed by atoms with van der Waals surface area (Å²) in [5, 5.41) is 5.22. The van der Waals surface area contributed by atoms with Crippen LogP contribution in [0.4, 0.5) is 0 Å². The molecular formula is C28H40OSi. The Hall–Kier alpha value is -1.80. The Kier molecular flexibility index (Phi) is 8.38. The number of unbranched alkanes of at least 4 members (excludes halogenated alkanes) is 3. The number of aryl methyl sites for hydroxylation is 1. The van der Waals surface area contributed by atoms with Crippen LogP contribution in [-0.2, 0) is 6.42 Å². The Balaban J connectivity index is 2.18. The van der Waals surface area contributed by atoms with Crippen molar-refractivity contribution in [2.75, 3.05) is 0 Å². The molecule has 3 aromatic rings. The molecule has 0 saturated heterocycles. The summed E-state index contributed by atoms with van der Waals surface area (Å²) in [4.78, 5) is 0. The van der Waals surface area contributed by atoms with Crippen LogP contribution in [0.15, 0.2) is 48.5 Å². The molecule has 0 atom stereocenters. The third kappa shape index (κ3) is 5.27. The van der Waals surface area contributed by atoms with E-state index in [4.69, 9.17) is 4.43 Å². The fraction of sp³-hybridized carbons (Fsp3) is 0.500. The van der Waals surface area contributed by atoms with Crippen LogP contribution in [0.1, 0.15) is 71.8 Å². The molecule has 0 bridgehead atoms. The molecule has 0 radical (unpaired) electrons. The Bertz CT molecular complexity index is 924. The van der Waals surface area contributed by atoms with E-state index in [2.05, 4.69) is 76.2 Å². The maximum Gasteiger partial charge on any atom is 0.251 e. The summed E-state index contributed by atoms with van der Waals surface area (Å²) in [6.45, 7) is 9.20. The van der Waals surface area contributed by atoms with Crippen molar-refractivity contribution in [2.45, 2.75) is 90.8 Å². The molecule has 1 nitrogen and oxygen atoms in total. The quantitative estimate of drug-likeness (QED) is 0.209. The van der Waals surface area contributed by atoms with E-state index in [1.54, 1.807) is 0 Å². The highest BCUT2D eigenvalue weighted by molar-refractivity contribution is 6.74. The van der Waals surface area contributed by atoms with Crippen molar-refractivity contribution in [2.24, 2.45) is 0 Å². The molecule has 3 rings (SSSR count). The molecule has 0 fully saturated rings. The van der Waals surface area contributed by atoms with E-state index in [0.717, 1.165) is 6.42 Å². The van der Waals surface area contributed by atoms with Gasteiger partial charge in [-0.15, -0.1) is 0 Å². The van der Waals surface area contributed by atoms with Crippen LogP contribution in [0.25, 0.3) is 21.5 Å². The standard InChI is InChI=1S/C28H40OSi/c1-5-9-18-30(19-10-6-2,20-11-7-3)29-28-26-15-13-12-14-24(26)22-25-17-16-23(8-4)21-27(25)28/h12-17,21-22H,5-11,18-20H2,1-4H3. The van der Waals surface area contributed by atoms with Gasteiger partial charge in [0.2, 0.25) is 0 Å². The van der Waals surface area contributed by atoms with E-state index in [-0.39, 0.29) is 0 Å². The first-order chi connectivity index (χ1) is 14.7. The molecular weight excluding hydrogens is 380 g/mol. The van der Waals surface area contributed by atoms with Crippen molar-refractivity contribution in [3.05, 3.63) is 54.1 Å². The highest BCUT2D eigenvalue weighted by Crippen LogP contribution is 2.40. The van der Waals surface area contributed by atoms with Crippen molar-refractivity contribution in [1.29, 1.82) is 0 Å². The third-order valence-electron chi connectivity index (χ3n) is 6.56. The monoisotopic (exact) mass is 420 g/mol. The number of rotatable bonds is 12. The lowest BCUT2D eigenvalue weighted by Gasteiger charge is -2.34. The molecule has 0 aromatic heterocycles. The van der Waals surface area contributed by atoms with Crippen LogP contribution in [0.5, 0.6) is 5.75 Å². The zero-order valence-corrected chi connectivity index (χ0v) is 20.6. The summed E-state index contributed by atoms with van der Waals surface area (Å²) in [6, 6.07) is 22.0. The van der Waals surface area contributed by atoms with Gasteiger partial charge >= 0.3 is 0 Å². The molecule has 0 saturated carbocycles. The molecule has 30 heavy (non-hydrogen) atoms. The molecule has 0 aliphatic heterocycles. The molecule has 162 valence electrons. The predicted molar refractivity (Wildman–Crippen MR) is 136 cm³/mol. The molecule has 3 aromatic carbocycles. The van der Waals surface area contributed by atoms with Gasteiger partial charge < -0.3 is 4.43 Å². The summed E-state index contributed by atoms with van der Waals surface area (Å²) >= 11 is 0. The predicted octanol–water partition coefficient (Wildman–Crippen LogP) is 9.28. The van der Waals surface area contributed by atoms with Crippen molar-refractivity contribution in [3.63, 3.8) is 0 Å². The summed E-state index contributed by atoms with van der Waals surface area (Å²) < 4.78 is 7.37. The zero-order valence-electron chi connectivity index (χ0n) is 19.6. The molecule has 0 N–H and O–H groups in total. The Morgan fingerprint density at radius 3 is 1.87 bits per heavy atom. The van der Waals surface area contributed by atoms with Gasteiger partial charge in [0, 0.05) is 10.8 Å². The second-order valence-corrected chi connectivity index (χ2v) is 13.0. The van der Waals surface area contributed by atoms with Crippen molar-refractivity contribution in [1.82, 2.24) is 0 Å². The van der Waals surface area contributed by atoms with Gasteiger partial charge in [-0.1, -0.05) is 103 Å². The van der Waals surface area contributed by atoms with Crippen LogP contribution < -0.4 is 4.43 Å². The number of hydrogen-bond donors (Lipinski definition) is 0. The van der Waals surface area contributed by atoms with E-state index in [9.17, 15) is 0 Å². The molecule has 0 spiro atoms. The van der Waals surface area contributed by atoms with Crippen LogP contribution in [0.2, 0.25) is 18.1 Å². The van der Waals surface area contributed by atoms with Crippen molar-refractivity contribution < 1.29 is 4.43 Å². The summed E-state index contributed by atoms with van der Waals surface area (Å²) in [5.41, 5.74) is 1.39. The largest absolute Gasteiger partial charge is 0.543 e. The highest BCUT2D eigenvalue weighted by Gasteiger charge is 2.36. The zero-order chi connectivity index (χ0) is 21.4. The fourth-order valence-corrected chi connectivity index (χ4v) is 9.34. The van der Waals surface area contributed by atoms with Gasteiger partial charge in [-0.05, 0) is 53.0 Å². The maximum atomic E-state index is 7.37. The second-order valence-electron chi connectivity index (χ2n) is 8.93. The minimum atomic E-state index is -1.86. The molecule has 2 heteroatoms. The first-order valence-electron chi connectivity index (χ1n) is 12.3.